The van der Waals surface area contributed by atoms with Gasteiger partial charge in [0, 0.05) is 19.3 Å². The van der Waals surface area contributed by atoms with Crippen LogP contribution in [-0.2, 0) is 28.6 Å². The fraction of sp³-hybridized carbons (Fsp3) is 0.722. The largest absolute Gasteiger partial charge is 0.462 e. The maximum atomic E-state index is 12.7. The second kappa shape index (κ2) is 48.5. The summed E-state index contributed by atoms with van der Waals surface area (Å²) in [6.07, 6.45) is 60.6. The molecule has 0 rings (SSSR count). The fourth-order valence-corrected chi connectivity index (χ4v) is 6.68. The normalized spacial score (nSPS) is 12.7. The van der Waals surface area contributed by atoms with Crippen molar-refractivity contribution in [3.05, 3.63) is 72.9 Å². The van der Waals surface area contributed by atoms with Crippen LogP contribution in [0.2, 0.25) is 0 Å². The van der Waals surface area contributed by atoms with Gasteiger partial charge in [0.05, 0.1) is 0 Å². The molecule has 0 aliphatic rings. The Bertz CT molecular complexity index is 1140. The molecule has 0 amide bonds. The molecule has 0 aromatic rings. The third-order valence-electron chi connectivity index (χ3n) is 10.4. The number of carbonyl (C=O) groups excluding carboxylic acids is 3. The van der Waals surface area contributed by atoms with Crippen LogP contribution in [0.1, 0.15) is 233 Å². The van der Waals surface area contributed by atoms with E-state index in [-0.39, 0.29) is 31.1 Å². The predicted octanol–water partition coefficient (Wildman–Crippen LogP) is 16.3. The van der Waals surface area contributed by atoms with Crippen LogP contribution in [0.15, 0.2) is 72.9 Å². The molecule has 60 heavy (non-hydrogen) atoms. The van der Waals surface area contributed by atoms with E-state index in [9.17, 15) is 14.4 Å². The smallest absolute Gasteiger partial charge is 0.306 e. The summed E-state index contributed by atoms with van der Waals surface area (Å²) in [5, 5.41) is 0. The third kappa shape index (κ3) is 45.9. The minimum atomic E-state index is -0.779. The third-order valence-corrected chi connectivity index (χ3v) is 10.4. The lowest BCUT2D eigenvalue weighted by atomic mass is 10.1. The summed E-state index contributed by atoms with van der Waals surface area (Å²) in [7, 11) is 0. The van der Waals surface area contributed by atoms with Crippen LogP contribution in [0.5, 0.6) is 0 Å². The highest BCUT2D eigenvalue weighted by atomic mass is 16.6. The Morgan fingerprint density at radius 2 is 0.667 bits per heavy atom. The fourth-order valence-electron chi connectivity index (χ4n) is 6.68. The van der Waals surface area contributed by atoms with E-state index in [0.717, 1.165) is 116 Å². The molecule has 0 aromatic heterocycles. The van der Waals surface area contributed by atoms with Gasteiger partial charge in [0.2, 0.25) is 0 Å². The first-order valence-electron chi connectivity index (χ1n) is 24.9. The van der Waals surface area contributed by atoms with Gasteiger partial charge in [0.15, 0.2) is 6.10 Å². The second-order valence-electron chi connectivity index (χ2n) is 16.3. The van der Waals surface area contributed by atoms with E-state index in [2.05, 4.69) is 93.7 Å². The molecular weight excluding hydrogens is 745 g/mol. The van der Waals surface area contributed by atoms with Gasteiger partial charge in [-0.2, -0.15) is 0 Å². The number of hydrogen-bond donors (Lipinski definition) is 0. The van der Waals surface area contributed by atoms with Crippen molar-refractivity contribution in [2.75, 3.05) is 13.2 Å². The topological polar surface area (TPSA) is 78.9 Å². The Hall–Kier alpha value is -3.15. The monoisotopic (exact) mass is 837 g/mol. The number of unbranched alkanes of at least 4 members (excludes halogenated alkanes) is 21. The van der Waals surface area contributed by atoms with Crippen molar-refractivity contribution < 1.29 is 28.6 Å². The van der Waals surface area contributed by atoms with Gasteiger partial charge in [-0.1, -0.05) is 203 Å². The molecule has 0 fully saturated rings. The molecule has 0 aliphatic heterocycles. The van der Waals surface area contributed by atoms with E-state index >= 15 is 0 Å². The lowest BCUT2D eigenvalue weighted by Gasteiger charge is -2.18. The SMILES string of the molecule is CC/C=C\C/C=C\C/C=C\C/C=C\CCCCCCCCCCCCC(=O)OCC(COC(=O)CCCCCCC)OC(=O)CCCCCCC/C=C\C/C=C\CCCC. The Morgan fingerprint density at radius 1 is 0.350 bits per heavy atom. The van der Waals surface area contributed by atoms with Gasteiger partial charge in [0.1, 0.15) is 13.2 Å². The minimum Gasteiger partial charge on any atom is -0.462 e. The van der Waals surface area contributed by atoms with Crippen molar-refractivity contribution in [1.29, 1.82) is 0 Å². The maximum absolute atomic E-state index is 12.7. The summed E-state index contributed by atoms with van der Waals surface area (Å²) in [6.45, 7) is 6.38. The summed E-state index contributed by atoms with van der Waals surface area (Å²) < 4.78 is 16.6. The van der Waals surface area contributed by atoms with Crippen molar-refractivity contribution in [3.63, 3.8) is 0 Å². The molecule has 0 N–H and O–H groups in total. The molecule has 0 aromatic carbocycles. The van der Waals surface area contributed by atoms with Gasteiger partial charge in [-0.15, -0.1) is 0 Å². The molecule has 1 atom stereocenters. The number of rotatable bonds is 44. The zero-order valence-electron chi connectivity index (χ0n) is 39.2. The standard InChI is InChI=1S/C54H92O6/c1-4-7-10-13-15-17-19-21-23-24-25-26-27-28-29-30-31-33-34-36-38-41-44-47-53(56)59-50-51(49-58-52(55)46-43-40-12-9-6-3)60-54(57)48-45-42-39-37-35-32-22-20-18-16-14-11-8-5-2/h7,10,14-17,20-23,25-26,51H,4-6,8-9,11-13,18-19,24,27-50H2,1-3H3/b10-7-,16-14-,17-15-,22-20-,23-21-,26-25-. The Labute approximate surface area is 370 Å². The summed E-state index contributed by atoms with van der Waals surface area (Å²) in [4.78, 5) is 37.6. The highest BCUT2D eigenvalue weighted by Crippen LogP contribution is 2.14. The van der Waals surface area contributed by atoms with Crippen LogP contribution in [-0.4, -0.2) is 37.2 Å². The molecule has 0 saturated heterocycles. The van der Waals surface area contributed by atoms with E-state index in [1.807, 2.05) is 0 Å². The molecule has 1 unspecified atom stereocenters. The Kier molecular flexibility index (Phi) is 46.0. The van der Waals surface area contributed by atoms with Gasteiger partial charge in [0.25, 0.3) is 0 Å². The van der Waals surface area contributed by atoms with Gasteiger partial charge in [-0.25, -0.2) is 0 Å². The lowest BCUT2D eigenvalue weighted by molar-refractivity contribution is -0.167. The lowest BCUT2D eigenvalue weighted by Crippen LogP contribution is -2.30. The summed E-state index contributed by atoms with van der Waals surface area (Å²) >= 11 is 0. The zero-order valence-corrected chi connectivity index (χ0v) is 39.2. The molecular formula is C54H92O6. The van der Waals surface area contributed by atoms with Gasteiger partial charge >= 0.3 is 17.9 Å². The summed E-state index contributed by atoms with van der Waals surface area (Å²) in [5.74, 6) is -0.917. The number of carbonyl (C=O) groups is 3. The van der Waals surface area contributed by atoms with Crippen LogP contribution >= 0.6 is 0 Å². The molecule has 0 spiro atoms. The van der Waals surface area contributed by atoms with E-state index in [4.69, 9.17) is 14.2 Å². The quantitative estimate of drug-likeness (QED) is 0.0263. The first-order valence-corrected chi connectivity index (χ1v) is 24.9. The van der Waals surface area contributed by atoms with Crippen LogP contribution in [0.3, 0.4) is 0 Å². The van der Waals surface area contributed by atoms with Crippen LogP contribution in [0.4, 0.5) is 0 Å². The first-order chi connectivity index (χ1) is 29.5. The number of esters is 3. The van der Waals surface area contributed by atoms with Crippen molar-refractivity contribution in [2.45, 2.75) is 239 Å². The van der Waals surface area contributed by atoms with Crippen LogP contribution in [0.25, 0.3) is 0 Å². The van der Waals surface area contributed by atoms with Gasteiger partial charge in [-0.05, 0) is 83.5 Å². The van der Waals surface area contributed by atoms with Crippen LogP contribution in [0, 0.1) is 0 Å². The van der Waals surface area contributed by atoms with E-state index in [1.54, 1.807) is 0 Å². The number of ether oxygens (including phenoxy) is 3. The number of hydrogen-bond acceptors (Lipinski definition) is 6. The molecule has 0 aliphatic carbocycles. The van der Waals surface area contributed by atoms with Crippen LogP contribution < -0.4 is 0 Å². The molecule has 0 heterocycles. The van der Waals surface area contributed by atoms with Crippen molar-refractivity contribution in [3.8, 4) is 0 Å². The summed E-state index contributed by atoms with van der Waals surface area (Å²) in [5.41, 5.74) is 0. The zero-order chi connectivity index (χ0) is 43.7. The van der Waals surface area contributed by atoms with E-state index in [1.165, 1.54) is 77.0 Å². The maximum Gasteiger partial charge on any atom is 0.306 e. The highest BCUT2D eigenvalue weighted by Gasteiger charge is 2.19. The predicted molar refractivity (Wildman–Crippen MR) is 256 cm³/mol. The van der Waals surface area contributed by atoms with Crippen molar-refractivity contribution in [2.24, 2.45) is 0 Å². The van der Waals surface area contributed by atoms with Crippen molar-refractivity contribution >= 4 is 17.9 Å². The Morgan fingerprint density at radius 3 is 1.07 bits per heavy atom. The summed E-state index contributed by atoms with van der Waals surface area (Å²) in [6, 6.07) is 0. The molecule has 0 saturated carbocycles. The second-order valence-corrected chi connectivity index (χ2v) is 16.3. The van der Waals surface area contributed by atoms with Gasteiger partial charge < -0.3 is 14.2 Å². The van der Waals surface area contributed by atoms with Gasteiger partial charge in [-0.3, -0.25) is 14.4 Å². The Balaban J connectivity index is 4.15. The number of allylic oxidation sites excluding steroid dienone is 12. The highest BCUT2D eigenvalue weighted by molar-refractivity contribution is 5.71. The average Bonchev–Trinajstić information content (AvgIpc) is 3.24. The first kappa shape index (κ1) is 56.9. The minimum absolute atomic E-state index is 0.0832. The average molecular weight is 837 g/mol. The van der Waals surface area contributed by atoms with Crippen molar-refractivity contribution in [1.82, 2.24) is 0 Å². The van der Waals surface area contributed by atoms with E-state index < -0.39 is 6.10 Å². The van der Waals surface area contributed by atoms with E-state index in [0.29, 0.717) is 19.3 Å². The molecule has 6 nitrogen and oxygen atoms in total. The molecule has 0 bridgehead atoms. The molecule has 344 valence electrons. The molecule has 0 radical (unpaired) electrons. The molecule has 6 heteroatoms.